The largest absolute Gasteiger partial charge is 0.446 e. The number of para-hydroxylation sites is 1. The molecular formula is C21H17NO4. The van der Waals surface area contributed by atoms with Crippen molar-refractivity contribution in [1.29, 1.82) is 0 Å². The Kier molecular flexibility index (Phi) is 3.72. The molecule has 2 atom stereocenters. The van der Waals surface area contributed by atoms with Crippen LogP contribution in [0, 0.1) is 12.8 Å². The number of carbonyl (C=O) groups excluding carboxylic acids is 3. The number of hydrogen-bond donors (Lipinski definition) is 0. The van der Waals surface area contributed by atoms with Crippen molar-refractivity contribution in [2.75, 3.05) is 4.90 Å². The van der Waals surface area contributed by atoms with Gasteiger partial charge in [0.05, 0.1) is 11.6 Å². The molecule has 4 rings (SSSR count). The molecule has 0 radical (unpaired) electrons. The summed E-state index contributed by atoms with van der Waals surface area (Å²) in [7, 11) is 0. The van der Waals surface area contributed by atoms with E-state index in [1.807, 2.05) is 37.3 Å². The lowest BCUT2D eigenvalue weighted by molar-refractivity contribution is -0.153. The summed E-state index contributed by atoms with van der Waals surface area (Å²) in [5, 5.41) is 0. The van der Waals surface area contributed by atoms with Gasteiger partial charge in [-0.3, -0.25) is 14.5 Å². The summed E-state index contributed by atoms with van der Waals surface area (Å²) in [6, 6.07) is 16.3. The van der Waals surface area contributed by atoms with Gasteiger partial charge in [-0.25, -0.2) is 4.79 Å². The molecule has 0 aromatic heterocycles. The Bertz CT molecular complexity index is 917. The molecule has 2 aromatic carbocycles. The van der Waals surface area contributed by atoms with E-state index >= 15 is 0 Å². The highest BCUT2D eigenvalue weighted by Gasteiger charge is 2.55. The van der Waals surface area contributed by atoms with Crippen molar-refractivity contribution in [2.24, 2.45) is 5.92 Å². The van der Waals surface area contributed by atoms with E-state index in [0.717, 1.165) is 5.56 Å². The molecule has 2 amide bonds. The fourth-order valence-corrected chi connectivity index (χ4v) is 3.60. The first-order valence-electron chi connectivity index (χ1n) is 8.42. The first kappa shape index (κ1) is 16.3. The zero-order valence-electron chi connectivity index (χ0n) is 14.2. The lowest BCUT2D eigenvalue weighted by Gasteiger charge is -2.31. The highest BCUT2D eigenvalue weighted by atomic mass is 16.6. The molecule has 2 aromatic rings. The van der Waals surface area contributed by atoms with Gasteiger partial charge in [0.1, 0.15) is 0 Å². The molecule has 130 valence electrons. The molecule has 0 aliphatic carbocycles. The van der Waals surface area contributed by atoms with Gasteiger partial charge in [0.2, 0.25) is 11.8 Å². The van der Waals surface area contributed by atoms with Crippen molar-refractivity contribution in [3.63, 3.8) is 0 Å². The quantitative estimate of drug-likeness (QED) is 0.633. The van der Waals surface area contributed by atoms with Gasteiger partial charge < -0.3 is 4.74 Å². The van der Waals surface area contributed by atoms with Crippen molar-refractivity contribution in [2.45, 2.75) is 18.9 Å². The van der Waals surface area contributed by atoms with Crippen LogP contribution in [0.15, 0.2) is 66.7 Å². The number of nitrogens with zero attached hydrogens (tertiary/aromatic N) is 1. The Balaban J connectivity index is 1.77. The van der Waals surface area contributed by atoms with Crippen LogP contribution in [0.1, 0.15) is 17.5 Å². The number of aryl methyl sites for hydroxylation is 1. The van der Waals surface area contributed by atoms with Crippen molar-refractivity contribution in [3.8, 4) is 0 Å². The molecule has 5 heteroatoms. The molecule has 0 saturated carbocycles. The highest BCUT2D eigenvalue weighted by molar-refractivity contribution is 6.21. The topological polar surface area (TPSA) is 63.7 Å². The molecule has 2 aliphatic heterocycles. The van der Waals surface area contributed by atoms with Gasteiger partial charge in [-0.2, -0.15) is 0 Å². The van der Waals surface area contributed by atoms with Crippen molar-refractivity contribution in [1.82, 2.24) is 0 Å². The SMILES string of the molecule is Cc1ccc([C@@]2([C@H]3CC(=O)N(c4ccccc4)C3=O)C=CC(=O)O2)cc1. The monoisotopic (exact) mass is 347 g/mol. The standard InChI is InChI=1S/C21H17NO4/c1-14-7-9-15(10-8-14)21(12-11-19(24)26-21)17-13-18(23)22(20(17)25)16-5-3-2-4-6-16/h2-12,17H,13H2,1H3/t17-,21+/m0/s1. The minimum atomic E-state index is -1.25. The predicted octanol–water partition coefficient (Wildman–Crippen LogP) is 2.88. The molecule has 26 heavy (non-hydrogen) atoms. The minimum Gasteiger partial charge on any atom is -0.446 e. The fourth-order valence-electron chi connectivity index (χ4n) is 3.60. The molecule has 0 spiro atoms. The van der Waals surface area contributed by atoms with Crippen LogP contribution in [0.25, 0.3) is 0 Å². The molecule has 0 bridgehead atoms. The van der Waals surface area contributed by atoms with Crippen molar-refractivity contribution in [3.05, 3.63) is 77.9 Å². The molecule has 0 N–H and O–H groups in total. The van der Waals surface area contributed by atoms with E-state index < -0.39 is 17.5 Å². The Morgan fingerprint density at radius 1 is 1.00 bits per heavy atom. The Labute approximate surface area is 150 Å². The number of imide groups is 1. The van der Waals surface area contributed by atoms with Gasteiger partial charge in [-0.1, -0.05) is 48.0 Å². The van der Waals surface area contributed by atoms with Crippen LogP contribution in [0.2, 0.25) is 0 Å². The van der Waals surface area contributed by atoms with Crippen LogP contribution in [-0.2, 0) is 24.7 Å². The second kappa shape index (κ2) is 5.95. The Morgan fingerprint density at radius 3 is 2.31 bits per heavy atom. The Hall–Kier alpha value is -3.21. The normalized spacial score (nSPS) is 25.0. The highest BCUT2D eigenvalue weighted by Crippen LogP contribution is 2.45. The average Bonchev–Trinajstić information content (AvgIpc) is 3.17. The molecular weight excluding hydrogens is 330 g/mol. The van der Waals surface area contributed by atoms with Crippen molar-refractivity contribution < 1.29 is 19.1 Å². The van der Waals surface area contributed by atoms with Crippen LogP contribution >= 0.6 is 0 Å². The van der Waals surface area contributed by atoms with E-state index in [9.17, 15) is 14.4 Å². The van der Waals surface area contributed by atoms with Crippen LogP contribution in [-0.4, -0.2) is 17.8 Å². The number of rotatable bonds is 3. The van der Waals surface area contributed by atoms with Gasteiger partial charge in [-0.05, 0) is 25.1 Å². The maximum Gasteiger partial charge on any atom is 0.331 e. The summed E-state index contributed by atoms with van der Waals surface area (Å²) < 4.78 is 5.61. The minimum absolute atomic E-state index is 0.0147. The zero-order chi connectivity index (χ0) is 18.3. The zero-order valence-corrected chi connectivity index (χ0v) is 14.2. The summed E-state index contributed by atoms with van der Waals surface area (Å²) in [6.07, 6.45) is 2.91. The van der Waals surface area contributed by atoms with E-state index in [1.165, 1.54) is 11.0 Å². The molecule has 0 unspecified atom stereocenters. The maximum absolute atomic E-state index is 13.1. The smallest absolute Gasteiger partial charge is 0.331 e. The first-order chi connectivity index (χ1) is 12.5. The van der Waals surface area contributed by atoms with Gasteiger partial charge >= 0.3 is 5.97 Å². The van der Waals surface area contributed by atoms with Crippen LogP contribution in [0.5, 0.6) is 0 Å². The number of anilines is 1. The second-order valence-corrected chi connectivity index (χ2v) is 6.57. The Morgan fingerprint density at radius 2 is 1.69 bits per heavy atom. The van der Waals surface area contributed by atoms with E-state index in [2.05, 4.69) is 0 Å². The third kappa shape index (κ3) is 2.44. The van der Waals surface area contributed by atoms with E-state index in [4.69, 9.17) is 4.74 Å². The summed E-state index contributed by atoms with van der Waals surface area (Å²) in [5.74, 6) is -1.96. The van der Waals surface area contributed by atoms with Crippen LogP contribution in [0.4, 0.5) is 5.69 Å². The van der Waals surface area contributed by atoms with E-state index in [-0.39, 0.29) is 18.2 Å². The molecule has 1 saturated heterocycles. The van der Waals surface area contributed by atoms with Gasteiger partial charge in [0.15, 0.2) is 5.60 Å². The number of hydrogen-bond acceptors (Lipinski definition) is 4. The molecule has 2 aliphatic rings. The fraction of sp³-hybridized carbons (Fsp3) is 0.190. The molecule has 1 fully saturated rings. The molecule has 2 heterocycles. The van der Waals surface area contributed by atoms with Crippen molar-refractivity contribution >= 4 is 23.5 Å². The number of esters is 1. The van der Waals surface area contributed by atoms with Gasteiger partial charge in [0.25, 0.3) is 0 Å². The first-order valence-corrected chi connectivity index (χ1v) is 8.42. The third-order valence-corrected chi connectivity index (χ3v) is 4.92. The summed E-state index contributed by atoms with van der Waals surface area (Å²) in [5.41, 5.74) is 1.02. The molecule has 5 nitrogen and oxygen atoms in total. The second-order valence-electron chi connectivity index (χ2n) is 6.57. The summed E-state index contributed by atoms with van der Waals surface area (Å²) >= 11 is 0. The third-order valence-electron chi connectivity index (χ3n) is 4.92. The van der Waals surface area contributed by atoms with Gasteiger partial charge in [-0.15, -0.1) is 0 Å². The van der Waals surface area contributed by atoms with E-state index in [1.54, 1.807) is 30.3 Å². The number of ether oxygens (including phenoxy) is 1. The average molecular weight is 347 g/mol. The number of benzene rings is 2. The number of carbonyl (C=O) groups is 3. The summed E-state index contributed by atoms with van der Waals surface area (Å²) in [6.45, 7) is 1.95. The summed E-state index contributed by atoms with van der Waals surface area (Å²) in [4.78, 5) is 38.8. The van der Waals surface area contributed by atoms with E-state index in [0.29, 0.717) is 11.3 Å². The lowest BCUT2D eigenvalue weighted by Crippen LogP contribution is -2.40. The van der Waals surface area contributed by atoms with Crippen LogP contribution < -0.4 is 4.90 Å². The van der Waals surface area contributed by atoms with Crippen LogP contribution in [0.3, 0.4) is 0 Å². The maximum atomic E-state index is 13.1. The lowest BCUT2D eigenvalue weighted by atomic mass is 9.80. The number of amides is 2. The predicted molar refractivity (Wildman–Crippen MR) is 95.1 cm³/mol. The van der Waals surface area contributed by atoms with Gasteiger partial charge in [0, 0.05) is 18.1 Å². The number of cyclic esters (lactones) is 1.